The molecule has 0 atom stereocenters. The molecule has 3 rings (SSSR count). The molecule has 0 radical (unpaired) electrons. The van der Waals surface area contributed by atoms with Gasteiger partial charge in [0.2, 0.25) is 0 Å². The molecular formula is C22H20. The summed E-state index contributed by atoms with van der Waals surface area (Å²) in [6, 6.07) is 12.9. The molecule has 0 bridgehead atoms. The van der Waals surface area contributed by atoms with Crippen LogP contribution in [0.3, 0.4) is 0 Å². The molecule has 0 spiro atoms. The van der Waals surface area contributed by atoms with E-state index in [4.69, 9.17) is 6.42 Å². The van der Waals surface area contributed by atoms with Crippen LogP contribution >= 0.6 is 0 Å². The van der Waals surface area contributed by atoms with Crippen LogP contribution in [0.25, 0.3) is 27.6 Å². The molecule has 0 aliphatic carbocycles. The van der Waals surface area contributed by atoms with Crippen molar-refractivity contribution in [3.05, 3.63) is 65.2 Å². The minimum atomic E-state index is 0.925. The maximum absolute atomic E-state index is 5.92. The Kier molecular flexibility index (Phi) is 3.73. The van der Waals surface area contributed by atoms with Crippen molar-refractivity contribution in [1.29, 1.82) is 0 Å². The molecule has 3 aromatic rings. The standard InChI is InChI=1S/C22H20/c1-5-15-11-9-13-19-20-14-10-12-16(6-2)22(20)18(8-4)17(7-3)21(15)19/h4-5,9-14H,1,6-7H2,2-3H3. The van der Waals surface area contributed by atoms with E-state index < -0.39 is 0 Å². The average molecular weight is 284 g/mol. The molecule has 0 heterocycles. The van der Waals surface area contributed by atoms with Gasteiger partial charge in [0.25, 0.3) is 0 Å². The van der Waals surface area contributed by atoms with E-state index >= 15 is 0 Å². The number of hydrogen-bond donors (Lipinski definition) is 0. The number of rotatable bonds is 3. The first-order chi connectivity index (χ1) is 10.8. The molecular weight excluding hydrogens is 264 g/mol. The van der Waals surface area contributed by atoms with Gasteiger partial charge in [-0.2, -0.15) is 0 Å². The first-order valence-corrected chi connectivity index (χ1v) is 7.84. The van der Waals surface area contributed by atoms with Crippen molar-refractivity contribution in [1.82, 2.24) is 0 Å². The molecule has 0 nitrogen and oxygen atoms in total. The summed E-state index contributed by atoms with van der Waals surface area (Å²) in [4.78, 5) is 0. The Hall–Kier alpha value is -2.52. The fourth-order valence-electron chi connectivity index (χ4n) is 3.50. The second-order valence-corrected chi connectivity index (χ2v) is 5.52. The predicted molar refractivity (Wildman–Crippen MR) is 98.2 cm³/mol. The third-order valence-corrected chi connectivity index (χ3v) is 4.49. The van der Waals surface area contributed by atoms with Gasteiger partial charge in [-0.1, -0.05) is 68.8 Å². The van der Waals surface area contributed by atoms with Gasteiger partial charge < -0.3 is 0 Å². The smallest absolute Gasteiger partial charge is 0.0362 e. The highest BCUT2D eigenvalue weighted by Gasteiger charge is 2.15. The van der Waals surface area contributed by atoms with Crippen LogP contribution in [0, 0.1) is 12.3 Å². The third kappa shape index (κ3) is 1.94. The summed E-state index contributed by atoms with van der Waals surface area (Å²) in [6.07, 6.45) is 9.76. The van der Waals surface area contributed by atoms with Crippen molar-refractivity contribution in [2.45, 2.75) is 26.7 Å². The van der Waals surface area contributed by atoms with Gasteiger partial charge in [0.15, 0.2) is 0 Å². The van der Waals surface area contributed by atoms with Crippen molar-refractivity contribution in [2.24, 2.45) is 0 Å². The van der Waals surface area contributed by atoms with Crippen molar-refractivity contribution in [3.8, 4) is 12.3 Å². The summed E-state index contributed by atoms with van der Waals surface area (Å²) in [5, 5.41) is 5.04. The van der Waals surface area contributed by atoms with Crippen LogP contribution < -0.4 is 0 Å². The normalized spacial score (nSPS) is 10.8. The molecule has 0 unspecified atom stereocenters. The molecule has 0 fully saturated rings. The van der Waals surface area contributed by atoms with Gasteiger partial charge in [0.05, 0.1) is 0 Å². The quantitative estimate of drug-likeness (QED) is 0.425. The van der Waals surface area contributed by atoms with Gasteiger partial charge in [-0.15, -0.1) is 6.42 Å². The van der Waals surface area contributed by atoms with Crippen LogP contribution in [-0.2, 0) is 12.8 Å². The van der Waals surface area contributed by atoms with Crippen LogP contribution in [0.4, 0.5) is 0 Å². The lowest BCUT2D eigenvalue weighted by atomic mass is 9.86. The first kappa shape index (κ1) is 14.4. The summed E-state index contributed by atoms with van der Waals surface area (Å²) >= 11 is 0. The van der Waals surface area contributed by atoms with E-state index in [0.29, 0.717) is 0 Å². The zero-order valence-corrected chi connectivity index (χ0v) is 13.2. The van der Waals surface area contributed by atoms with Gasteiger partial charge >= 0.3 is 0 Å². The van der Waals surface area contributed by atoms with Gasteiger partial charge in [0, 0.05) is 10.9 Å². The molecule has 0 aliphatic heterocycles. The molecule has 0 aromatic heterocycles. The Morgan fingerprint density at radius 3 is 2.27 bits per heavy atom. The Morgan fingerprint density at radius 2 is 1.68 bits per heavy atom. The lowest BCUT2D eigenvalue weighted by Gasteiger charge is -2.17. The maximum Gasteiger partial charge on any atom is 0.0362 e. The molecule has 22 heavy (non-hydrogen) atoms. The minimum absolute atomic E-state index is 0.925. The summed E-state index contributed by atoms with van der Waals surface area (Å²) in [6.45, 7) is 8.34. The van der Waals surface area contributed by atoms with Crippen molar-refractivity contribution >= 4 is 27.6 Å². The largest absolute Gasteiger partial charge is 0.115 e. The van der Waals surface area contributed by atoms with Crippen LogP contribution in [0.1, 0.15) is 36.1 Å². The number of benzene rings is 3. The van der Waals surface area contributed by atoms with Crippen LogP contribution in [0.15, 0.2) is 43.0 Å². The molecule has 0 amide bonds. The fraction of sp³-hybridized carbons (Fsp3) is 0.182. The summed E-state index contributed by atoms with van der Waals surface area (Å²) in [5.41, 5.74) is 4.80. The van der Waals surface area contributed by atoms with E-state index in [1.54, 1.807) is 0 Å². The van der Waals surface area contributed by atoms with E-state index in [9.17, 15) is 0 Å². The highest BCUT2D eigenvalue weighted by Crippen LogP contribution is 2.37. The highest BCUT2D eigenvalue weighted by molar-refractivity contribution is 6.14. The third-order valence-electron chi connectivity index (χ3n) is 4.49. The Labute approximate surface area is 132 Å². The van der Waals surface area contributed by atoms with Gasteiger partial charge in [-0.3, -0.25) is 0 Å². The topological polar surface area (TPSA) is 0 Å². The average Bonchev–Trinajstić information content (AvgIpc) is 2.59. The molecule has 0 saturated heterocycles. The maximum atomic E-state index is 5.92. The van der Waals surface area contributed by atoms with Crippen LogP contribution in [0.2, 0.25) is 0 Å². The van der Waals surface area contributed by atoms with Gasteiger partial charge in [0.1, 0.15) is 0 Å². The fourth-order valence-corrected chi connectivity index (χ4v) is 3.50. The Bertz CT molecular complexity index is 920. The summed E-state index contributed by atoms with van der Waals surface area (Å²) in [5.74, 6) is 2.97. The van der Waals surface area contributed by atoms with E-state index in [-0.39, 0.29) is 0 Å². The van der Waals surface area contributed by atoms with Crippen LogP contribution in [0.5, 0.6) is 0 Å². The summed E-state index contributed by atoms with van der Waals surface area (Å²) < 4.78 is 0. The number of fused-ring (bicyclic) bond motifs is 3. The van der Waals surface area contributed by atoms with Gasteiger partial charge in [-0.05, 0) is 45.7 Å². The highest BCUT2D eigenvalue weighted by atomic mass is 14.2. The van der Waals surface area contributed by atoms with E-state index in [1.165, 1.54) is 32.7 Å². The van der Waals surface area contributed by atoms with E-state index in [2.05, 4.69) is 62.7 Å². The zero-order chi connectivity index (χ0) is 15.7. The second kappa shape index (κ2) is 5.70. The van der Waals surface area contributed by atoms with Gasteiger partial charge in [-0.25, -0.2) is 0 Å². The Balaban J connectivity index is 2.71. The molecule has 0 saturated carbocycles. The molecule has 108 valence electrons. The molecule has 3 aromatic carbocycles. The first-order valence-electron chi connectivity index (χ1n) is 7.84. The second-order valence-electron chi connectivity index (χ2n) is 5.52. The lowest BCUT2D eigenvalue weighted by Crippen LogP contribution is -1.97. The molecule has 0 aliphatic rings. The number of aryl methyl sites for hydroxylation is 2. The predicted octanol–water partition coefficient (Wildman–Crippen LogP) is 5.74. The Morgan fingerprint density at radius 1 is 1.00 bits per heavy atom. The number of terminal acetylenes is 1. The van der Waals surface area contributed by atoms with Crippen molar-refractivity contribution in [2.75, 3.05) is 0 Å². The number of hydrogen-bond acceptors (Lipinski definition) is 0. The minimum Gasteiger partial charge on any atom is -0.115 e. The van der Waals surface area contributed by atoms with Crippen molar-refractivity contribution in [3.63, 3.8) is 0 Å². The van der Waals surface area contributed by atoms with Crippen LogP contribution in [-0.4, -0.2) is 0 Å². The van der Waals surface area contributed by atoms with E-state index in [1.807, 2.05) is 6.08 Å². The monoisotopic (exact) mass is 284 g/mol. The van der Waals surface area contributed by atoms with E-state index in [0.717, 1.165) is 24.0 Å². The van der Waals surface area contributed by atoms with Crippen molar-refractivity contribution < 1.29 is 0 Å². The summed E-state index contributed by atoms with van der Waals surface area (Å²) in [7, 11) is 0. The SMILES string of the molecule is C#Cc1c(CC)c2c(C=C)cccc2c2cccc(CC)c12. The molecule has 0 heteroatoms. The lowest BCUT2D eigenvalue weighted by molar-refractivity contribution is 1.14. The zero-order valence-electron chi connectivity index (χ0n) is 13.2. The molecule has 0 N–H and O–H groups in total.